The Morgan fingerprint density at radius 1 is 1.07 bits per heavy atom. The minimum atomic E-state index is -2.83. The number of anilines is 1. The Bertz CT molecular complexity index is 778. The average molecular weight is 391 g/mol. The van der Waals surface area contributed by atoms with Crippen LogP contribution in [0.5, 0.6) is 11.5 Å². The zero-order chi connectivity index (χ0) is 20.4. The van der Waals surface area contributed by atoms with E-state index in [1.807, 2.05) is 19.1 Å². The number of carbonyl (C=O) groups excluding carboxylic acids is 1. The van der Waals surface area contributed by atoms with E-state index in [9.17, 15) is 13.6 Å². The molecule has 0 heterocycles. The summed E-state index contributed by atoms with van der Waals surface area (Å²) in [6.45, 7) is -0.928. The fourth-order valence-corrected chi connectivity index (χ4v) is 2.31. The van der Waals surface area contributed by atoms with E-state index in [-0.39, 0.29) is 18.2 Å². The Morgan fingerprint density at radius 3 is 2.32 bits per heavy atom. The number of nitrogens with zero attached hydrogens (tertiary/aromatic N) is 1. The molecule has 0 aliphatic carbocycles. The largest absolute Gasteiger partial charge is 0.497 e. The molecule has 0 aliphatic heterocycles. The Balaban J connectivity index is 1.71. The molecule has 0 bridgehead atoms. The zero-order valence-electron chi connectivity index (χ0n) is 15.7. The molecule has 0 saturated heterocycles. The summed E-state index contributed by atoms with van der Waals surface area (Å²) in [7, 11) is 1.59. The van der Waals surface area contributed by atoms with E-state index in [0.717, 1.165) is 22.7 Å². The second-order valence-electron chi connectivity index (χ2n) is 5.99. The Labute approximate surface area is 162 Å². The van der Waals surface area contributed by atoms with Crippen molar-refractivity contribution in [3.8, 4) is 11.5 Å². The van der Waals surface area contributed by atoms with Crippen molar-refractivity contribution < 1.29 is 23.0 Å². The van der Waals surface area contributed by atoms with Gasteiger partial charge >= 0.3 is 6.61 Å². The Morgan fingerprint density at radius 2 is 1.71 bits per heavy atom. The van der Waals surface area contributed by atoms with Gasteiger partial charge in [-0.1, -0.05) is 12.1 Å². The lowest BCUT2D eigenvalue weighted by atomic mass is 10.1. The van der Waals surface area contributed by atoms with Gasteiger partial charge in [0.25, 0.3) is 5.91 Å². The second kappa shape index (κ2) is 10.9. The maximum atomic E-state index is 12.1. The summed E-state index contributed by atoms with van der Waals surface area (Å²) < 4.78 is 33.6. The molecule has 0 spiro atoms. The molecule has 0 aromatic heterocycles. The van der Waals surface area contributed by atoms with Crippen LogP contribution in [0.4, 0.5) is 14.5 Å². The van der Waals surface area contributed by atoms with Crippen LogP contribution in [0, 0.1) is 0 Å². The average Bonchev–Trinajstić information content (AvgIpc) is 2.70. The monoisotopic (exact) mass is 391 g/mol. The van der Waals surface area contributed by atoms with E-state index in [1.165, 1.54) is 12.1 Å². The van der Waals surface area contributed by atoms with Crippen molar-refractivity contribution in [2.24, 2.45) is 5.10 Å². The highest BCUT2D eigenvalue weighted by molar-refractivity contribution is 5.85. The zero-order valence-corrected chi connectivity index (χ0v) is 15.7. The fraction of sp³-hybridized carbons (Fsp3) is 0.300. The van der Waals surface area contributed by atoms with E-state index in [2.05, 4.69) is 20.6 Å². The molecule has 2 N–H and O–H groups in total. The predicted molar refractivity (Wildman–Crippen MR) is 104 cm³/mol. The standard InChI is InChI=1S/C20H23F2N3O3/c1-14(3-4-15-5-9-18(10-6-15)28-20(21)22)24-25-19(26)13-23-16-7-11-17(27-2)12-8-16/h5-12,20,23H,3-4,13H2,1-2H3,(H,25,26)/b24-14-. The van der Waals surface area contributed by atoms with E-state index in [0.29, 0.717) is 12.8 Å². The van der Waals surface area contributed by atoms with Gasteiger partial charge in [-0.2, -0.15) is 13.9 Å². The number of methoxy groups -OCH3 is 1. The molecule has 28 heavy (non-hydrogen) atoms. The minimum absolute atomic E-state index is 0.0920. The lowest BCUT2D eigenvalue weighted by Crippen LogP contribution is -2.26. The maximum Gasteiger partial charge on any atom is 0.387 e. The summed E-state index contributed by atoms with van der Waals surface area (Å²) in [6, 6.07) is 13.7. The molecule has 0 unspecified atom stereocenters. The molecular formula is C20H23F2N3O3. The molecule has 8 heteroatoms. The normalized spacial score (nSPS) is 11.2. The van der Waals surface area contributed by atoms with E-state index < -0.39 is 6.61 Å². The molecule has 1 amide bonds. The number of rotatable bonds is 10. The highest BCUT2D eigenvalue weighted by Gasteiger charge is 2.04. The van der Waals surface area contributed by atoms with Crippen LogP contribution < -0.4 is 20.2 Å². The summed E-state index contributed by atoms with van der Waals surface area (Å²) in [6.07, 6.45) is 1.30. The van der Waals surface area contributed by atoms with Crippen LogP contribution >= 0.6 is 0 Å². The smallest absolute Gasteiger partial charge is 0.387 e. The number of amides is 1. The minimum Gasteiger partial charge on any atom is -0.497 e. The van der Waals surface area contributed by atoms with E-state index in [1.54, 1.807) is 31.4 Å². The van der Waals surface area contributed by atoms with Gasteiger partial charge in [0.05, 0.1) is 13.7 Å². The molecule has 0 radical (unpaired) electrons. The third kappa shape index (κ3) is 7.61. The van der Waals surface area contributed by atoms with Crippen molar-refractivity contribution in [2.75, 3.05) is 19.0 Å². The summed E-state index contributed by atoms with van der Waals surface area (Å²) in [5.41, 5.74) is 5.02. The maximum absolute atomic E-state index is 12.1. The fourth-order valence-electron chi connectivity index (χ4n) is 2.31. The SMILES string of the molecule is COc1ccc(NCC(=O)N/N=C(/C)CCc2ccc(OC(F)F)cc2)cc1. The first-order chi connectivity index (χ1) is 13.5. The number of hydrogen-bond donors (Lipinski definition) is 2. The van der Waals surface area contributed by atoms with Gasteiger partial charge in [0.2, 0.25) is 0 Å². The lowest BCUT2D eigenvalue weighted by molar-refractivity contribution is -0.119. The number of aryl methyl sites for hydroxylation is 1. The van der Waals surface area contributed by atoms with Crippen molar-refractivity contribution >= 4 is 17.3 Å². The van der Waals surface area contributed by atoms with Crippen LogP contribution in [0.1, 0.15) is 18.9 Å². The third-order valence-electron chi connectivity index (χ3n) is 3.84. The lowest BCUT2D eigenvalue weighted by Gasteiger charge is -2.07. The Hall–Kier alpha value is -3.16. The van der Waals surface area contributed by atoms with Crippen LogP contribution in [0.15, 0.2) is 53.6 Å². The predicted octanol–water partition coefficient (Wildman–Crippen LogP) is 3.83. The van der Waals surface area contributed by atoms with E-state index in [4.69, 9.17) is 4.74 Å². The molecule has 2 aromatic rings. The van der Waals surface area contributed by atoms with Gasteiger partial charge in [0, 0.05) is 11.4 Å². The highest BCUT2D eigenvalue weighted by Crippen LogP contribution is 2.16. The molecular weight excluding hydrogens is 368 g/mol. The number of hydrazone groups is 1. The van der Waals surface area contributed by atoms with Gasteiger partial charge in [-0.05, 0) is 61.7 Å². The highest BCUT2D eigenvalue weighted by atomic mass is 19.3. The first-order valence-electron chi connectivity index (χ1n) is 8.70. The first kappa shape index (κ1) is 21.1. The van der Waals surface area contributed by atoms with Crippen LogP contribution in [-0.4, -0.2) is 31.9 Å². The number of carbonyl (C=O) groups is 1. The van der Waals surface area contributed by atoms with Crippen LogP contribution in [-0.2, 0) is 11.2 Å². The molecule has 150 valence electrons. The summed E-state index contributed by atoms with van der Waals surface area (Å²) in [5.74, 6) is 0.607. The van der Waals surface area contributed by atoms with Gasteiger partial charge in [-0.15, -0.1) is 0 Å². The van der Waals surface area contributed by atoms with Gasteiger partial charge in [0.15, 0.2) is 0 Å². The number of alkyl halides is 2. The topological polar surface area (TPSA) is 72.0 Å². The number of halogens is 2. The van der Waals surface area contributed by atoms with Crippen molar-refractivity contribution in [1.82, 2.24) is 5.43 Å². The third-order valence-corrected chi connectivity index (χ3v) is 3.84. The molecule has 6 nitrogen and oxygen atoms in total. The number of benzene rings is 2. The number of nitrogens with one attached hydrogen (secondary N) is 2. The molecule has 2 rings (SSSR count). The first-order valence-corrected chi connectivity index (χ1v) is 8.70. The van der Waals surface area contributed by atoms with Gasteiger partial charge in [-0.3, -0.25) is 4.79 Å². The van der Waals surface area contributed by atoms with Gasteiger partial charge in [0.1, 0.15) is 11.5 Å². The van der Waals surface area contributed by atoms with Gasteiger partial charge < -0.3 is 14.8 Å². The van der Waals surface area contributed by atoms with Crippen molar-refractivity contribution in [1.29, 1.82) is 0 Å². The van der Waals surface area contributed by atoms with Crippen LogP contribution in [0.3, 0.4) is 0 Å². The molecule has 0 atom stereocenters. The molecule has 0 aliphatic rings. The van der Waals surface area contributed by atoms with Crippen molar-refractivity contribution in [2.45, 2.75) is 26.4 Å². The van der Waals surface area contributed by atoms with Crippen molar-refractivity contribution in [3.63, 3.8) is 0 Å². The number of hydrogen-bond acceptors (Lipinski definition) is 5. The summed E-state index contributed by atoms with van der Waals surface area (Å²) >= 11 is 0. The quantitative estimate of drug-likeness (QED) is 0.477. The van der Waals surface area contributed by atoms with E-state index >= 15 is 0 Å². The van der Waals surface area contributed by atoms with Crippen LogP contribution in [0.2, 0.25) is 0 Å². The molecule has 2 aromatic carbocycles. The van der Waals surface area contributed by atoms with Crippen LogP contribution in [0.25, 0.3) is 0 Å². The second-order valence-corrected chi connectivity index (χ2v) is 5.99. The van der Waals surface area contributed by atoms with Gasteiger partial charge in [-0.25, -0.2) is 5.43 Å². The summed E-state index contributed by atoms with van der Waals surface area (Å²) in [4.78, 5) is 11.9. The summed E-state index contributed by atoms with van der Waals surface area (Å²) in [5, 5.41) is 7.06. The molecule has 0 saturated carbocycles. The molecule has 0 fully saturated rings. The Kier molecular flexibility index (Phi) is 8.20. The van der Waals surface area contributed by atoms with Crippen molar-refractivity contribution in [3.05, 3.63) is 54.1 Å². The number of ether oxygens (including phenoxy) is 2.